The largest absolute Gasteiger partial charge is 0.310 e. The normalized spacial score (nSPS) is 9.44. The Bertz CT molecular complexity index is 466. The topological polar surface area (TPSA) is 23.9 Å². The van der Waals surface area contributed by atoms with E-state index in [4.69, 9.17) is 5.41 Å². The number of hydrogen-bond donors (Lipinski definition) is 1. The van der Waals surface area contributed by atoms with Crippen LogP contribution in [-0.2, 0) is 0 Å². The van der Waals surface area contributed by atoms with Gasteiger partial charge in [0.25, 0.3) is 0 Å². The highest BCUT2D eigenvalue weighted by Crippen LogP contribution is 2.16. The van der Waals surface area contributed by atoms with Gasteiger partial charge in [-0.05, 0) is 36.6 Å². The number of benzene rings is 2. The van der Waals surface area contributed by atoms with Crippen LogP contribution >= 0.6 is 0 Å². The van der Waals surface area contributed by atoms with Gasteiger partial charge >= 0.3 is 0 Å². The third-order valence-corrected chi connectivity index (χ3v) is 2.54. The Morgan fingerprint density at radius 3 is 2.19 bits per heavy atom. The van der Waals surface area contributed by atoms with Gasteiger partial charge in [0.1, 0.15) is 0 Å². The van der Waals surface area contributed by atoms with E-state index in [2.05, 4.69) is 49.4 Å². The molecule has 0 spiro atoms. The van der Waals surface area contributed by atoms with E-state index < -0.39 is 0 Å². The minimum atomic E-state index is 0.755. The zero-order chi connectivity index (χ0) is 12.0. The molecule has 84 valence electrons. The van der Waals surface area contributed by atoms with Crippen LogP contribution in [0.15, 0.2) is 42.5 Å². The molecule has 0 aliphatic carbocycles. The lowest BCUT2D eigenvalue weighted by atomic mass is 10.1. The molecule has 16 heavy (non-hydrogen) atoms. The minimum Gasteiger partial charge on any atom is -0.310 e. The molecule has 0 radical (unpaired) electrons. The van der Waals surface area contributed by atoms with Crippen molar-refractivity contribution in [2.45, 2.75) is 27.2 Å². The van der Waals surface area contributed by atoms with Crippen LogP contribution in [0.5, 0.6) is 0 Å². The van der Waals surface area contributed by atoms with Crippen molar-refractivity contribution in [1.29, 1.82) is 5.41 Å². The first-order chi connectivity index (χ1) is 7.65. The van der Waals surface area contributed by atoms with Gasteiger partial charge in [-0.2, -0.15) is 0 Å². The molecule has 0 bridgehead atoms. The first kappa shape index (κ1) is 12.4. The van der Waals surface area contributed by atoms with Crippen LogP contribution in [0, 0.1) is 12.3 Å². The second-order valence-corrected chi connectivity index (χ2v) is 3.93. The van der Waals surface area contributed by atoms with E-state index in [0.29, 0.717) is 0 Å². The highest BCUT2D eigenvalue weighted by atomic mass is 14.4. The molecule has 0 fully saturated rings. The van der Waals surface area contributed by atoms with E-state index in [1.54, 1.807) is 6.92 Å². The molecular formula is C15H19N. The Morgan fingerprint density at radius 1 is 1.06 bits per heavy atom. The Hall–Kier alpha value is -1.63. The predicted molar refractivity (Wildman–Crippen MR) is 72.4 cm³/mol. The number of aryl methyl sites for hydroxylation is 1. The lowest BCUT2D eigenvalue weighted by molar-refractivity contribution is 1.23. The lowest BCUT2D eigenvalue weighted by Gasteiger charge is -1.98. The second kappa shape index (κ2) is 6.06. The second-order valence-electron chi connectivity index (χ2n) is 3.93. The average molecular weight is 213 g/mol. The van der Waals surface area contributed by atoms with Gasteiger partial charge < -0.3 is 5.41 Å². The van der Waals surface area contributed by atoms with Crippen molar-refractivity contribution in [2.75, 3.05) is 0 Å². The van der Waals surface area contributed by atoms with Crippen molar-refractivity contribution in [3.05, 3.63) is 48.0 Å². The van der Waals surface area contributed by atoms with Crippen LogP contribution in [0.4, 0.5) is 0 Å². The van der Waals surface area contributed by atoms with Gasteiger partial charge in [0.05, 0.1) is 0 Å². The average Bonchev–Trinajstić information content (AvgIpc) is 2.30. The summed E-state index contributed by atoms with van der Waals surface area (Å²) in [6.45, 7) is 5.92. The van der Waals surface area contributed by atoms with Crippen LogP contribution in [-0.4, -0.2) is 5.71 Å². The molecule has 0 atom stereocenters. The van der Waals surface area contributed by atoms with Crippen molar-refractivity contribution in [3.8, 4) is 0 Å². The van der Waals surface area contributed by atoms with Gasteiger partial charge in [-0.3, -0.25) is 0 Å². The summed E-state index contributed by atoms with van der Waals surface area (Å²) < 4.78 is 0. The Balaban J connectivity index is 0.000000221. The summed E-state index contributed by atoms with van der Waals surface area (Å²) in [5, 5.41) is 9.43. The van der Waals surface area contributed by atoms with Crippen LogP contribution in [0.2, 0.25) is 0 Å². The van der Waals surface area contributed by atoms with Gasteiger partial charge in [-0.1, -0.05) is 49.4 Å². The molecular weight excluding hydrogens is 194 g/mol. The molecule has 0 heterocycles. The van der Waals surface area contributed by atoms with E-state index in [1.807, 2.05) is 6.92 Å². The highest BCUT2D eigenvalue weighted by molar-refractivity contribution is 5.85. The van der Waals surface area contributed by atoms with E-state index in [-0.39, 0.29) is 0 Å². The molecule has 1 N–H and O–H groups in total. The number of fused-ring (bicyclic) bond motifs is 1. The molecule has 0 saturated heterocycles. The van der Waals surface area contributed by atoms with Crippen molar-refractivity contribution in [3.63, 3.8) is 0 Å². The summed E-state index contributed by atoms with van der Waals surface area (Å²) in [6.07, 6.45) is 0.889. The highest BCUT2D eigenvalue weighted by Gasteiger charge is 1.92. The maximum atomic E-state index is 6.74. The molecule has 0 unspecified atom stereocenters. The van der Waals surface area contributed by atoms with Crippen molar-refractivity contribution >= 4 is 16.5 Å². The summed E-state index contributed by atoms with van der Waals surface area (Å²) in [6, 6.07) is 14.8. The van der Waals surface area contributed by atoms with Gasteiger partial charge in [-0.25, -0.2) is 0 Å². The summed E-state index contributed by atoms with van der Waals surface area (Å²) in [4.78, 5) is 0. The SMILES string of the molecule is CCC(C)=N.Cc1cccc2ccccc12. The maximum Gasteiger partial charge on any atom is 0.00554 e. The molecule has 1 heteroatoms. The fourth-order valence-corrected chi connectivity index (χ4v) is 1.39. The fourth-order valence-electron chi connectivity index (χ4n) is 1.39. The zero-order valence-corrected chi connectivity index (χ0v) is 10.2. The number of hydrogen-bond acceptors (Lipinski definition) is 1. The molecule has 0 aliphatic rings. The van der Waals surface area contributed by atoms with E-state index in [1.165, 1.54) is 16.3 Å². The number of rotatable bonds is 1. The summed E-state index contributed by atoms with van der Waals surface area (Å²) in [5.74, 6) is 0. The summed E-state index contributed by atoms with van der Waals surface area (Å²) in [5.41, 5.74) is 2.10. The van der Waals surface area contributed by atoms with Gasteiger partial charge in [0.2, 0.25) is 0 Å². The van der Waals surface area contributed by atoms with Crippen molar-refractivity contribution < 1.29 is 0 Å². The molecule has 0 saturated carbocycles. The quantitative estimate of drug-likeness (QED) is 0.670. The summed E-state index contributed by atoms with van der Waals surface area (Å²) >= 11 is 0. The molecule has 0 aromatic heterocycles. The molecule has 0 aliphatic heterocycles. The first-order valence-corrected chi connectivity index (χ1v) is 5.63. The van der Waals surface area contributed by atoms with Gasteiger partial charge in [0, 0.05) is 5.71 Å². The first-order valence-electron chi connectivity index (χ1n) is 5.63. The van der Waals surface area contributed by atoms with Crippen LogP contribution in [0.3, 0.4) is 0 Å². The Labute approximate surface area is 97.6 Å². The Kier molecular flexibility index (Phi) is 4.71. The standard InChI is InChI=1S/C11H10.C4H9N/c1-9-5-4-7-10-6-2-3-8-11(9)10;1-3-4(2)5/h2-8H,1H3;5H,3H2,1-2H3. The molecule has 2 aromatic rings. The van der Waals surface area contributed by atoms with Crippen LogP contribution in [0.1, 0.15) is 25.8 Å². The zero-order valence-electron chi connectivity index (χ0n) is 10.2. The molecule has 0 amide bonds. The van der Waals surface area contributed by atoms with Crippen molar-refractivity contribution in [1.82, 2.24) is 0 Å². The summed E-state index contributed by atoms with van der Waals surface area (Å²) in [7, 11) is 0. The fraction of sp³-hybridized carbons (Fsp3) is 0.267. The van der Waals surface area contributed by atoms with Gasteiger partial charge in [-0.15, -0.1) is 0 Å². The van der Waals surface area contributed by atoms with E-state index >= 15 is 0 Å². The van der Waals surface area contributed by atoms with E-state index in [0.717, 1.165) is 12.1 Å². The van der Waals surface area contributed by atoms with E-state index in [9.17, 15) is 0 Å². The number of nitrogens with one attached hydrogen (secondary N) is 1. The van der Waals surface area contributed by atoms with Crippen LogP contribution < -0.4 is 0 Å². The van der Waals surface area contributed by atoms with Gasteiger partial charge in [0.15, 0.2) is 0 Å². The monoisotopic (exact) mass is 213 g/mol. The predicted octanol–water partition coefficient (Wildman–Crippen LogP) is 4.58. The maximum absolute atomic E-state index is 6.74. The minimum absolute atomic E-state index is 0.755. The molecule has 2 aromatic carbocycles. The smallest absolute Gasteiger partial charge is 0.00554 e. The third kappa shape index (κ3) is 3.50. The van der Waals surface area contributed by atoms with Crippen LogP contribution in [0.25, 0.3) is 10.8 Å². The molecule has 1 nitrogen and oxygen atoms in total. The molecule has 2 rings (SSSR count). The third-order valence-electron chi connectivity index (χ3n) is 2.54. The lowest BCUT2D eigenvalue weighted by Crippen LogP contribution is -1.78. The Morgan fingerprint density at radius 2 is 1.62 bits per heavy atom. The van der Waals surface area contributed by atoms with Crippen molar-refractivity contribution in [2.24, 2.45) is 0 Å².